The van der Waals surface area contributed by atoms with Crippen molar-refractivity contribution in [2.45, 2.75) is 26.3 Å². The van der Waals surface area contributed by atoms with Crippen molar-refractivity contribution in [2.24, 2.45) is 5.92 Å². The van der Waals surface area contributed by atoms with Gasteiger partial charge in [0.2, 0.25) is 11.7 Å². The van der Waals surface area contributed by atoms with Gasteiger partial charge in [0, 0.05) is 29.9 Å². The molecule has 1 aliphatic heterocycles. The van der Waals surface area contributed by atoms with E-state index in [1.807, 2.05) is 24.3 Å². The van der Waals surface area contributed by atoms with Gasteiger partial charge in [0.05, 0.1) is 12.5 Å². The number of piperidine rings is 1. The first-order valence-electron chi connectivity index (χ1n) is 10.2. The van der Waals surface area contributed by atoms with Gasteiger partial charge in [-0.15, -0.1) is 0 Å². The molecule has 9 heteroatoms. The second-order valence-electron chi connectivity index (χ2n) is 7.38. The molecule has 0 bridgehead atoms. The summed E-state index contributed by atoms with van der Waals surface area (Å²) < 4.78 is 12.3. The average Bonchev–Trinajstić information content (AvgIpc) is 3.44. The molecule has 3 heterocycles. The number of halogens is 1. The standard InChI is InChI=1S/C22H23ClN4O4/c1-2-30-22(29)16-5-3-12-27(13-16)19(28)14-26-11-4-6-18(26)21-24-20(25-31-21)15-7-9-17(23)10-8-15/h4,6-11,16H,2-3,5,12-14H2,1H3. The van der Waals surface area contributed by atoms with Gasteiger partial charge in [0.25, 0.3) is 5.89 Å². The SMILES string of the molecule is CCOC(=O)C1CCCN(C(=O)Cn2cccc2-c2nc(-c3ccc(Cl)cc3)no2)C1. The van der Waals surface area contributed by atoms with Crippen molar-refractivity contribution >= 4 is 23.5 Å². The van der Waals surface area contributed by atoms with Crippen LogP contribution >= 0.6 is 11.6 Å². The number of likely N-dealkylation sites (tertiary alicyclic amines) is 1. The molecule has 1 atom stereocenters. The molecule has 2 aromatic heterocycles. The molecule has 1 fully saturated rings. The predicted molar refractivity (Wildman–Crippen MR) is 114 cm³/mol. The van der Waals surface area contributed by atoms with Crippen LogP contribution in [0.25, 0.3) is 23.0 Å². The van der Waals surface area contributed by atoms with Gasteiger partial charge in [0.1, 0.15) is 12.2 Å². The van der Waals surface area contributed by atoms with E-state index in [1.165, 1.54) is 0 Å². The summed E-state index contributed by atoms with van der Waals surface area (Å²) >= 11 is 5.93. The van der Waals surface area contributed by atoms with Gasteiger partial charge < -0.3 is 18.7 Å². The number of hydrogen-bond donors (Lipinski definition) is 0. The summed E-state index contributed by atoms with van der Waals surface area (Å²) in [5, 5.41) is 4.67. The average molecular weight is 443 g/mol. The highest BCUT2D eigenvalue weighted by Crippen LogP contribution is 2.24. The van der Waals surface area contributed by atoms with Crippen molar-refractivity contribution in [3.63, 3.8) is 0 Å². The molecular formula is C22H23ClN4O4. The third-order valence-electron chi connectivity index (χ3n) is 5.28. The summed E-state index contributed by atoms with van der Waals surface area (Å²) in [7, 11) is 0. The van der Waals surface area contributed by atoms with Crippen LogP contribution in [0.5, 0.6) is 0 Å². The van der Waals surface area contributed by atoms with Crippen molar-refractivity contribution in [3.8, 4) is 23.0 Å². The number of amides is 1. The molecule has 0 spiro atoms. The quantitative estimate of drug-likeness (QED) is 0.541. The Morgan fingerprint density at radius 2 is 2.06 bits per heavy atom. The summed E-state index contributed by atoms with van der Waals surface area (Å²) in [6, 6.07) is 10.8. The van der Waals surface area contributed by atoms with Crippen molar-refractivity contribution < 1.29 is 18.8 Å². The Kier molecular flexibility index (Phi) is 6.36. The summed E-state index contributed by atoms with van der Waals surface area (Å²) in [4.78, 5) is 31.2. The zero-order valence-electron chi connectivity index (χ0n) is 17.2. The van der Waals surface area contributed by atoms with Gasteiger partial charge >= 0.3 is 5.97 Å². The van der Waals surface area contributed by atoms with Crippen LogP contribution in [0, 0.1) is 5.92 Å². The molecule has 1 aliphatic rings. The van der Waals surface area contributed by atoms with E-state index in [0.29, 0.717) is 42.1 Å². The molecule has 0 saturated carbocycles. The Hall–Kier alpha value is -3.13. The highest BCUT2D eigenvalue weighted by Gasteiger charge is 2.29. The topological polar surface area (TPSA) is 90.5 Å². The lowest BCUT2D eigenvalue weighted by atomic mass is 9.98. The zero-order chi connectivity index (χ0) is 21.8. The molecule has 1 unspecified atom stereocenters. The second-order valence-corrected chi connectivity index (χ2v) is 7.82. The minimum absolute atomic E-state index is 0.0658. The number of rotatable bonds is 6. The Morgan fingerprint density at radius 1 is 1.26 bits per heavy atom. The van der Waals surface area contributed by atoms with Gasteiger partial charge in [-0.2, -0.15) is 4.98 Å². The van der Waals surface area contributed by atoms with Crippen LogP contribution in [0.15, 0.2) is 47.1 Å². The minimum atomic E-state index is -0.264. The fraction of sp³-hybridized carbons (Fsp3) is 0.364. The molecule has 0 aliphatic carbocycles. The smallest absolute Gasteiger partial charge is 0.310 e. The number of nitrogens with zero attached hydrogens (tertiary/aromatic N) is 4. The van der Waals surface area contributed by atoms with Crippen molar-refractivity contribution in [1.82, 2.24) is 19.6 Å². The molecule has 8 nitrogen and oxygen atoms in total. The molecule has 3 aromatic rings. The Balaban J connectivity index is 1.46. The first kappa shape index (κ1) is 21.1. The molecule has 1 amide bonds. The largest absolute Gasteiger partial charge is 0.466 e. The van der Waals surface area contributed by atoms with E-state index in [4.69, 9.17) is 20.9 Å². The highest BCUT2D eigenvalue weighted by atomic mass is 35.5. The maximum atomic E-state index is 12.9. The van der Waals surface area contributed by atoms with E-state index in [1.54, 1.807) is 34.7 Å². The first-order chi connectivity index (χ1) is 15.0. The van der Waals surface area contributed by atoms with E-state index in [-0.39, 0.29) is 24.3 Å². The Morgan fingerprint density at radius 3 is 2.84 bits per heavy atom. The molecule has 0 N–H and O–H groups in total. The molecule has 4 rings (SSSR count). The number of ether oxygens (including phenoxy) is 1. The van der Waals surface area contributed by atoms with Gasteiger partial charge in [-0.3, -0.25) is 9.59 Å². The van der Waals surface area contributed by atoms with E-state index in [0.717, 1.165) is 18.4 Å². The van der Waals surface area contributed by atoms with E-state index in [9.17, 15) is 9.59 Å². The van der Waals surface area contributed by atoms with Crippen LogP contribution in [-0.4, -0.2) is 51.2 Å². The Labute approximate surface area is 184 Å². The maximum absolute atomic E-state index is 12.9. The molecular weight excluding hydrogens is 420 g/mol. The molecule has 0 radical (unpaired) electrons. The lowest BCUT2D eigenvalue weighted by Gasteiger charge is -2.31. The first-order valence-corrected chi connectivity index (χ1v) is 10.6. The predicted octanol–water partition coefficient (Wildman–Crippen LogP) is 3.66. The summed E-state index contributed by atoms with van der Waals surface area (Å²) in [5.41, 5.74) is 1.44. The molecule has 31 heavy (non-hydrogen) atoms. The van der Waals surface area contributed by atoms with Crippen molar-refractivity contribution in [3.05, 3.63) is 47.6 Å². The number of benzene rings is 1. The van der Waals surface area contributed by atoms with Gasteiger partial charge in [-0.05, 0) is 56.2 Å². The zero-order valence-corrected chi connectivity index (χ0v) is 17.9. The Bertz CT molecular complexity index is 1060. The van der Waals surface area contributed by atoms with Crippen LogP contribution in [0.3, 0.4) is 0 Å². The van der Waals surface area contributed by atoms with Gasteiger partial charge in [-0.1, -0.05) is 16.8 Å². The maximum Gasteiger partial charge on any atom is 0.310 e. The number of esters is 1. The van der Waals surface area contributed by atoms with Crippen LogP contribution in [0.1, 0.15) is 19.8 Å². The number of aromatic nitrogens is 3. The fourth-order valence-electron chi connectivity index (χ4n) is 3.69. The van der Waals surface area contributed by atoms with Crippen LogP contribution < -0.4 is 0 Å². The molecule has 1 saturated heterocycles. The molecule has 162 valence electrons. The monoisotopic (exact) mass is 442 g/mol. The lowest BCUT2D eigenvalue weighted by Crippen LogP contribution is -2.44. The van der Waals surface area contributed by atoms with Crippen molar-refractivity contribution in [1.29, 1.82) is 0 Å². The van der Waals surface area contributed by atoms with E-state index in [2.05, 4.69) is 10.1 Å². The number of carbonyl (C=O) groups is 2. The van der Waals surface area contributed by atoms with Crippen LogP contribution in [-0.2, 0) is 20.9 Å². The van der Waals surface area contributed by atoms with E-state index >= 15 is 0 Å². The summed E-state index contributed by atoms with van der Waals surface area (Å²) in [6.45, 7) is 3.27. The number of hydrogen-bond acceptors (Lipinski definition) is 6. The van der Waals surface area contributed by atoms with Crippen LogP contribution in [0.2, 0.25) is 5.02 Å². The number of carbonyl (C=O) groups excluding carboxylic acids is 2. The van der Waals surface area contributed by atoms with Gasteiger partial charge in [0.15, 0.2) is 0 Å². The summed E-state index contributed by atoms with van der Waals surface area (Å²) in [5.74, 6) is 0.204. The molecule has 1 aromatic carbocycles. The van der Waals surface area contributed by atoms with E-state index < -0.39 is 0 Å². The second kappa shape index (κ2) is 9.34. The van der Waals surface area contributed by atoms with Gasteiger partial charge in [-0.25, -0.2) is 0 Å². The van der Waals surface area contributed by atoms with Crippen molar-refractivity contribution in [2.75, 3.05) is 19.7 Å². The fourth-order valence-corrected chi connectivity index (χ4v) is 3.82. The lowest BCUT2D eigenvalue weighted by molar-refractivity contribution is -0.151. The normalized spacial score (nSPS) is 16.3. The third-order valence-corrected chi connectivity index (χ3v) is 5.53. The highest BCUT2D eigenvalue weighted by molar-refractivity contribution is 6.30. The van der Waals surface area contributed by atoms with Crippen LogP contribution in [0.4, 0.5) is 0 Å². The minimum Gasteiger partial charge on any atom is -0.466 e. The summed E-state index contributed by atoms with van der Waals surface area (Å²) in [6.07, 6.45) is 3.32. The third kappa shape index (κ3) is 4.80.